The predicted molar refractivity (Wildman–Crippen MR) is 62.8 cm³/mol. The summed E-state index contributed by atoms with van der Waals surface area (Å²) in [7, 11) is 1.76. The van der Waals surface area contributed by atoms with Gasteiger partial charge in [0.05, 0.1) is 13.2 Å². The number of hydrogen-bond acceptors (Lipinski definition) is 3. The fourth-order valence-electron chi connectivity index (χ4n) is 1.35. The average Bonchev–Trinajstić information content (AvgIpc) is 2.28. The lowest BCUT2D eigenvalue weighted by Crippen LogP contribution is -2.36. The van der Waals surface area contributed by atoms with Crippen molar-refractivity contribution in [2.75, 3.05) is 26.7 Å². The molecule has 5 heteroatoms. The van der Waals surface area contributed by atoms with Crippen molar-refractivity contribution in [3.05, 3.63) is 35.6 Å². The van der Waals surface area contributed by atoms with E-state index in [0.29, 0.717) is 13.1 Å². The number of nitrogens with zero attached hydrogens (tertiary/aromatic N) is 1. The zero-order chi connectivity index (χ0) is 12.7. The molecule has 1 amide bonds. The molecule has 1 aromatic carbocycles. The number of carbonyl (C=O) groups is 1. The van der Waals surface area contributed by atoms with Gasteiger partial charge in [-0.2, -0.15) is 0 Å². The van der Waals surface area contributed by atoms with E-state index in [1.54, 1.807) is 24.1 Å². The van der Waals surface area contributed by atoms with Crippen molar-refractivity contribution in [2.24, 2.45) is 0 Å². The van der Waals surface area contributed by atoms with Crippen LogP contribution >= 0.6 is 0 Å². The summed E-state index contributed by atoms with van der Waals surface area (Å²) in [5.74, 6) is -0.409. The third kappa shape index (κ3) is 5.42. The van der Waals surface area contributed by atoms with Gasteiger partial charge in [0.2, 0.25) is 5.91 Å². The van der Waals surface area contributed by atoms with Crippen LogP contribution < -0.4 is 5.32 Å². The van der Waals surface area contributed by atoms with E-state index in [1.165, 1.54) is 12.1 Å². The molecule has 0 atom stereocenters. The maximum Gasteiger partial charge on any atom is 0.234 e. The molecule has 17 heavy (non-hydrogen) atoms. The minimum absolute atomic E-state index is 0.0295. The number of carbonyl (C=O) groups excluding carboxylic acids is 1. The van der Waals surface area contributed by atoms with Crippen LogP contribution in [0, 0.1) is 5.82 Å². The summed E-state index contributed by atoms with van der Waals surface area (Å²) in [5, 5.41) is 11.4. The Kier molecular flexibility index (Phi) is 5.59. The molecule has 0 fully saturated rings. The van der Waals surface area contributed by atoms with Gasteiger partial charge in [0, 0.05) is 13.1 Å². The molecule has 94 valence electrons. The van der Waals surface area contributed by atoms with E-state index >= 15 is 0 Å². The number of hydrogen-bond donors (Lipinski definition) is 2. The SMILES string of the molecule is CN(CCO)CC(=O)NCc1ccc(F)cc1. The summed E-state index contributed by atoms with van der Waals surface area (Å²) >= 11 is 0. The largest absolute Gasteiger partial charge is 0.395 e. The van der Waals surface area contributed by atoms with Crippen molar-refractivity contribution in [2.45, 2.75) is 6.54 Å². The monoisotopic (exact) mass is 240 g/mol. The van der Waals surface area contributed by atoms with Gasteiger partial charge in [0.25, 0.3) is 0 Å². The number of halogens is 1. The normalized spacial score (nSPS) is 10.6. The summed E-state index contributed by atoms with van der Waals surface area (Å²) in [6, 6.07) is 5.98. The first-order chi connectivity index (χ1) is 8.11. The molecular weight excluding hydrogens is 223 g/mol. The zero-order valence-electron chi connectivity index (χ0n) is 9.82. The van der Waals surface area contributed by atoms with E-state index in [-0.39, 0.29) is 24.9 Å². The maximum atomic E-state index is 12.6. The quantitative estimate of drug-likeness (QED) is 0.755. The van der Waals surface area contributed by atoms with Crippen LogP contribution in [0.2, 0.25) is 0 Å². The van der Waals surface area contributed by atoms with E-state index in [1.807, 2.05) is 0 Å². The maximum absolute atomic E-state index is 12.6. The number of likely N-dealkylation sites (N-methyl/N-ethyl adjacent to an activating group) is 1. The van der Waals surface area contributed by atoms with Crippen LogP contribution in [0.4, 0.5) is 4.39 Å². The molecule has 1 aromatic rings. The highest BCUT2D eigenvalue weighted by Gasteiger charge is 2.05. The lowest BCUT2D eigenvalue weighted by atomic mass is 10.2. The summed E-state index contributed by atoms with van der Waals surface area (Å²) in [6.07, 6.45) is 0. The van der Waals surface area contributed by atoms with Crippen molar-refractivity contribution in [1.82, 2.24) is 10.2 Å². The molecule has 0 bridgehead atoms. The Morgan fingerprint density at radius 2 is 2.06 bits per heavy atom. The van der Waals surface area contributed by atoms with E-state index in [4.69, 9.17) is 5.11 Å². The van der Waals surface area contributed by atoms with Gasteiger partial charge in [-0.25, -0.2) is 4.39 Å². The van der Waals surface area contributed by atoms with Crippen LogP contribution in [0.15, 0.2) is 24.3 Å². The fourth-order valence-corrected chi connectivity index (χ4v) is 1.35. The molecule has 0 saturated heterocycles. The molecule has 4 nitrogen and oxygen atoms in total. The molecule has 0 aliphatic heterocycles. The van der Waals surface area contributed by atoms with Crippen molar-refractivity contribution in [3.8, 4) is 0 Å². The van der Waals surface area contributed by atoms with Gasteiger partial charge in [-0.1, -0.05) is 12.1 Å². The van der Waals surface area contributed by atoms with Crippen LogP contribution in [0.25, 0.3) is 0 Å². The van der Waals surface area contributed by atoms with E-state index in [9.17, 15) is 9.18 Å². The first-order valence-electron chi connectivity index (χ1n) is 5.42. The Morgan fingerprint density at radius 3 is 2.65 bits per heavy atom. The second-order valence-electron chi connectivity index (χ2n) is 3.86. The van der Waals surface area contributed by atoms with Gasteiger partial charge in [0.1, 0.15) is 5.82 Å². The number of rotatable bonds is 6. The Labute approximate surface area is 100 Å². The van der Waals surface area contributed by atoms with Crippen LogP contribution in [-0.2, 0) is 11.3 Å². The van der Waals surface area contributed by atoms with E-state index in [2.05, 4.69) is 5.32 Å². The molecular formula is C12H17FN2O2. The second-order valence-corrected chi connectivity index (χ2v) is 3.86. The second kappa shape index (κ2) is 6.98. The van der Waals surface area contributed by atoms with Crippen molar-refractivity contribution in [3.63, 3.8) is 0 Å². The van der Waals surface area contributed by atoms with Crippen LogP contribution in [0.1, 0.15) is 5.56 Å². The van der Waals surface area contributed by atoms with E-state index in [0.717, 1.165) is 5.56 Å². The highest BCUT2D eigenvalue weighted by atomic mass is 19.1. The van der Waals surface area contributed by atoms with Crippen molar-refractivity contribution in [1.29, 1.82) is 0 Å². The topological polar surface area (TPSA) is 52.6 Å². The first kappa shape index (κ1) is 13.6. The fraction of sp³-hybridized carbons (Fsp3) is 0.417. The number of nitrogens with one attached hydrogen (secondary N) is 1. The lowest BCUT2D eigenvalue weighted by Gasteiger charge is -2.14. The number of aliphatic hydroxyl groups is 1. The van der Waals surface area contributed by atoms with Gasteiger partial charge >= 0.3 is 0 Å². The number of amides is 1. The highest BCUT2D eigenvalue weighted by Crippen LogP contribution is 2.01. The predicted octanol–water partition coefficient (Wildman–Crippen LogP) is 0.366. The molecule has 0 unspecified atom stereocenters. The standard InChI is InChI=1S/C12H17FN2O2/c1-15(6-7-16)9-12(17)14-8-10-2-4-11(13)5-3-10/h2-5,16H,6-9H2,1H3,(H,14,17). The molecule has 0 aliphatic carbocycles. The molecule has 0 aromatic heterocycles. The molecule has 0 saturated carbocycles. The van der Waals surface area contributed by atoms with Gasteiger partial charge in [-0.3, -0.25) is 9.69 Å². The summed E-state index contributed by atoms with van der Waals surface area (Å²) < 4.78 is 12.6. The molecule has 0 heterocycles. The number of benzene rings is 1. The molecule has 0 aliphatic rings. The zero-order valence-corrected chi connectivity index (χ0v) is 9.82. The van der Waals surface area contributed by atoms with Crippen LogP contribution in [0.3, 0.4) is 0 Å². The first-order valence-corrected chi connectivity index (χ1v) is 5.42. The van der Waals surface area contributed by atoms with Gasteiger partial charge in [-0.05, 0) is 24.7 Å². The molecule has 0 radical (unpaired) electrons. The summed E-state index contributed by atoms with van der Waals surface area (Å²) in [6.45, 7) is 1.11. The van der Waals surface area contributed by atoms with Crippen molar-refractivity contribution < 1.29 is 14.3 Å². The van der Waals surface area contributed by atoms with E-state index < -0.39 is 0 Å². The lowest BCUT2D eigenvalue weighted by molar-refractivity contribution is -0.122. The molecule has 0 spiro atoms. The summed E-state index contributed by atoms with van der Waals surface area (Å²) in [4.78, 5) is 13.2. The van der Waals surface area contributed by atoms with Gasteiger partial charge in [-0.15, -0.1) is 0 Å². The highest BCUT2D eigenvalue weighted by molar-refractivity contribution is 5.77. The Balaban J connectivity index is 2.30. The smallest absolute Gasteiger partial charge is 0.234 e. The molecule has 2 N–H and O–H groups in total. The van der Waals surface area contributed by atoms with Gasteiger partial charge < -0.3 is 10.4 Å². The van der Waals surface area contributed by atoms with Crippen LogP contribution in [0.5, 0.6) is 0 Å². The molecule has 1 rings (SSSR count). The Morgan fingerprint density at radius 1 is 1.41 bits per heavy atom. The minimum Gasteiger partial charge on any atom is -0.395 e. The third-order valence-electron chi connectivity index (χ3n) is 2.30. The average molecular weight is 240 g/mol. The van der Waals surface area contributed by atoms with Crippen molar-refractivity contribution >= 4 is 5.91 Å². The Hall–Kier alpha value is -1.46. The minimum atomic E-state index is -0.289. The van der Waals surface area contributed by atoms with Gasteiger partial charge in [0.15, 0.2) is 0 Å². The van der Waals surface area contributed by atoms with Crippen LogP contribution in [-0.4, -0.2) is 42.7 Å². The third-order valence-corrected chi connectivity index (χ3v) is 2.30. The number of aliphatic hydroxyl groups excluding tert-OH is 1. The Bertz CT molecular complexity index is 354. The summed E-state index contributed by atoms with van der Waals surface area (Å²) in [5.41, 5.74) is 0.851.